The number of methoxy groups -OCH3 is 1. The van der Waals surface area contributed by atoms with Crippen LogP contribution in [0.15, 0.2) is 66.9 Å². The lowest BCUT2D eigenvalue weighted by Crippen LogP contribution is -2.40. The van der Waals surface area contributed by atoms with E-state index in [0.717, 1.165) is 22.7 Å². The number of carbonyl (C=O) groups excluding carboxylic acids is 1. The highest BCUT2D eigenvalue weighted by molar-refractivity contribution is 6.15. The van der Waals surface area contributed by atoms with Crippen LogP contribution in [0.4, 0.5) is 5.69 Å². The summed E-state index contributed by atoms with van der Waals surface area (Å²) in [5, 5.41) is 3.43. The predicted molar refractivity (Wildman–Crippen MR) is 89.0 cm³/mol. The van der Waals surface area contributed by atoms with Crippen molar-refractivity contribution < 1.29 is 9.53 Å². The molecule has 1 aliphatic heterocycles. The number of aromatic amines is 1. The fourth-order valence-corrected chi connectivity index (χ4v) is 3.20. The van der Waals surface area contributed by atoms with Gasteiger partial charge in [-0.05, 0) is 42.0 Å². The second kappa shape index (κ2) is 5.02. The third-order valence-electron chi connectivity index (χ3n) is 4.36. The topological polar surface area (TPSA) is 54.1 Å². The molecule has 1 aliphatic rings. The van der Waals surface area contributed by atoms with E-state index in [1.807, 2.05) is 66.9 Å². The highest BCUT2D eigenvalue weighted by Gasteiger charge is 2.48. The molecule has 0 aliphatic carbocycles. The normalized spacial score (nSPS) is 19.3. The molecule has 0 spiro atoms. The predicted octanol–water partition coefficient (Wildman–Crippen LogP) is 3.58. The first-order valence-corrected chi connectivity index (χ1v) is 7.46. The van der Waals surface area contributed by atoms with Gasteiger partial charge in [-0.1, -0.05) is 24.3 Å². The van der Waals surface area contributed by atoms with Crippen LogP contribution in [0.1, 0.15) is 21.6 Å². The Bertz CT molecular complexity index is 853. The maximum atomic E-state index is 13.3. The molecule has 1 aromatic heterocycles. The van der Waals surface area contributed by atoms with Gasteiger partial charge >= 0.3 is 0 Å². The summed E-state index contributed by atoms with van der Waals surface area (Å²) in [6, 6.07) is 19.0. The number of ketones is 1. The van der Waals surface area contributed by atoms with Gasteiger partial charge in [-0.3, -0.25) is 4.79 Å². The van der Waals surface area contributed by atoms with E-state index < -0.39 is 5.54 Å². The first kappa shape index (κ1) is 13.6. The van der Waals surface area contributed by atoms with Gasteiger partial charge in [-0.15, -0.1) is 0 Å². The number of rotatable bonds is 3. The third-order valence-corrected chi connectivity index (χ3v) is 4.36. The summed E-state index contributed by atoms with van der Waals surface area (Å²) in [7, 11) is 1.63. The number of fused-ring (bicyclic) bond motifs is 1. The van der Waals surface area contributed by atoms with Gasteiger partial charge in [0.15, 0.2) is 5.54 Å². The fourth-order valence-electron chi connectivity index (χ4n) is 3.20. The van der Waals surface area contributed by atoms with E-state index >= 15 is 0 Å². The molecule has 0 bridgehead atoms. The summed E-state index contributed by atoms with van der Waals surface area (Å²) in [6.45, 7) is 0. The van der Waals surface area contributed by atoms with Crippen molar-refractivity contribution in [3.8, 4) is 5.75 Å². The van der Waals surface area contributed by atoms with Crippen molar-refractivity contribution >= 4 is 11.5 Å². The van der Waals surface area contributed by atoms with E-state index in [4.69, 9.17) is 4.74 Å². The molecule has 0 saturated heterocycles. The molecule has 0 fully saturated rings. The maximum absolute atomic E-state index is 13.3. The number of aromatic nitrogens is 1. The first-order valence-electron chi connectivity index (χ1n) is 7.46. The summed E-state index contributed by atoms with van der Waals surface area (Å²) in [4.78, 5) is 16.5. The van der Waals surface area contributed by atoms with Crippen LogP contribution < -0.4 is 10.1 Å². The zero-order valence-electron chi connectivity index (χ0n) is 12.7. The molecule has 0 saturated carbocycles. The minimum absolute atomic E-state index is 0.0423. The monoisotopic (exact) mass is 304 g/mol. The number of carbonyl (C=O) groups is 1. The molecule has 0 unspecified atom stereocenters. The molecule has 2 aromatic carbocycles. The van der Waals surface area contributed by atoms with Gasteiger partial charge in [-0.25, -0.2) is 0 Å². The lowest BCUT2D eigenvalue weighted by Gasteiger charge is -2.28. The van der Waals surface area contributed by atoms with Gasteiger partial charge in [0.2, 0.25) is 5.78 Å². The largest absolute Gasteiger partial charge is 0.497 e. The van der Waals surface area contributed by atoms with Crippen LogP contribution >= 0.6 is 0 Å². The number of hydrogen-bond acceptors (Lipinski definition) is 3. The molecule has 1 atom stereocenters. The Morgan fingerprint density at radius 1 is 0.957 bits per heavy atom. The molecule has 23 heavy (non-hydrogen) atoms. The Balaban J connectivity index is 1.92. The summed E-state index contributed by atoms with van der Waals surface area (Å²) in [6.07, 6.45) is 1.83. The van der Waals surface area contributed by atoms with Crippen LogP contribution in [0.2, 0.25) is 0 Å². The quantitative estimate of drug-likeness (QED) is 0.777. The molecule has 4 rings (SSSR count). The third kappa shape index (κ3) is 1.88. The first-order chi connectivity index (χ1) is 11.3. The van der Waals surface area contributed by atoms with Crippen LogP contribution in [0.3, 0.4) is 0 Å². The number of benzene rings is 2. The average molecular weight is 304 g/mol. The molecule has 2 N–H and O–H groups in total. The van der Waals surface area contributed by atoms with Crippen molar-refractivity contribution in [3.05, 3.63) is 83.7 Å². The van der Waals surface area contributed by atoms with Crippen molar-refractivity contribution in [1.82, 2.24) is 4.98 Å². The summed E-state index contributed by atoms with van der Waals surface area (Å²) in [5.74, 6) is 0.805. The molecule has 114 valence electrons. The van der Waals surface area contributed by atoms with E-state index in [1.54, 1.807) is 7.11 Å². The van der Waals surface area contributed by atoms with Crippen LogP contribution in [-0.4, -0.2) is 17.9 Å². The van der Waals surface area contributed by atoms with Crippen LogP contribution in [-0.2, 0) is 5.54 Å². The molecular weight excluding hydrogens is 288 g/mol. The Morgan fingerprint density at radius 3 is 2.39 bits per heavy atom. The number of Topliss-reactive ketones (excluding diaryl/α,β-unsaturated/α-hetero) is 1. The number of hydrogen-bond donors (Lipinski definition) is 2. The standard InChI is InChI=1S/C19H16N2O2/c1-23-14-10-8-13(9-11-14)19(17-7-4-12-20-17)18(22)15-5-2-3-6-16(15)21-19/h2-12,20-21H,1H3/t19-/m1/s1. The Labute approximate surface area is 134 Å². The second-order valence-electron chi connectivity index (χ2n) is 5.56. The zero-order valence-corrected chi connectivity index (χ0v) is 12.7. The van der Waals surface area contributed by atoms with Gasteiger partial charge in [0, 0.05) is 17.4 Å². The van der Waals surface area contributed by atoms with Crippen LogP contribution in [0, 0.1) is 0 Å². The van der Waals surface area contributed by atoms with E-state index in [2.05, 4.69) is 10.3 Å². The molecule has 2 heterocycles. The zero-order chi connectivity index (χ0) is 15.9. The average Bonchev–Trinajstić information content (AvgIpc) is 3.23. The van der Waals surface area contributed by atoms with Gasteiger partial charge in [0.05, 0.1) is 12.8 Å². The van der Waals surface area contributed by atoms with E-state index in [0.29, 0.717) is 5.56 Å². The van der Waals surface area contributed by atoms with Crippen molar-refractivity contribution in [2.24, 2.45) is 0 Å². The Hall–Kier alpha value is -3.01. The SMILES string of the molecule is COc1ccc([C@]2(c3ccc[nH]3)Nc3ccccc3C2=O)cc1. The van der Waals surface area contributed by atoms with Gasteiger partial charge in [0.1, 0.15) is 5.75 Å². The number of anilines is 1. The number of ether oxygens (including phenoxy) is 1. The summed E-state index contributed by atoms with van der Waals surface area (Å²) < 4.78 is 5.23. The number of para-hydroxylation sites is 1. The van der Waals surface area contributed by atoms with Crippen molar-refractivity contribution in [3.63, 3.8) is 0 Å². The van der Waals surface area contributed by atoms with E-state index in [-0.39, 0.29) is 5.78 Å². The lowest BCUT2D eigenvalue weighted by molar-refractivity contribution is 0.0939. The summed E-state index contributed by atoms with van der Waals surface area (Å²) >= 11 is 0. The fraction of sp³-hybridized carbons (Fsp3) is 0.105. The minimum atomic E-state index is -0.931. The molecule has 3 aromatic rings. The van der Waals surface area contributed by atoms with Crippen molar-refractivity contribution in [1.29, 1.82) is 0 Å². The van der Waals surface area contributed by atoms with Crippen molar-refractivity contribution in [2.75, 3.05) is 12.4 Å². The summed E-state index contributed by atoms with van der Waals surface area (Å²) in [5.41, 5.74) is 2.33. The van der Waals surface area contributed by atoms with Crippen LogP contribution in [0.25, 0.3) is 0 Å². The Kier molecular flexibility index (Phi) is 2.98. The molecule has 4 heteroatoms. The second-order valence-corrected chi connectivity index (χ2v) is 5.56. The van der Waals surface area contributed by atoms with Crippen LogP contribution in [0.5, 0.6) is 5.75 Å². The highest BCUT2D eigenvalue weighted by atomic mass is 16.5. The van der Waals surface area contributed by atoms with Gasteiger partial charge in [-0.2, -0.15) is 0 Å². The molecule has 0 amide bonds. The molecule has 4 nitrogen and oxygen atoms in total. The number of nitrogens with one attached hydrogen (secondary N) is 2. The maximum Gasteiger partial charge on any atom is 0.200 e. The van der Waals surface area contributed by atoms with Gasteiger partial charge in [0.25, 0.3) is 0 Å². The minimum Gasteiger partial charge on any atom is -0.497 e. The highest BCUT2D eigenvalue weighted by Crippen LogP contribution is 2.43. The Morgan fingerprint density at radius 2 is 1.74 bits per heavy atom. The molecule has 0 radical (unpaired) electrons. The van der Waals surface area contributed by atoms with E-state index in [9.17, 15) is 4.79 Å². The lowest BCUT2D eigenvalue weighted by atomic mass is 9.83. The number of H-pyrrole nitrogens is 1. The molecular formula is C19H16N2O2. The van der Waals surface area contributed by atoms with E-state index in [1.165, 1.54) is 0 Å². The van der Waals surface area contributed by atoms with Crippen molar-refractivity contribution in [2.45, 2.75) is 5.54 Å². The van der Waals surface area contributed by atoms with Gasteiger partial charge < -0.3 is 15.0 Å². The smallest absolute Gasteiger partial charge is 0.200 e.